The van der Waals surface area contributed by atoms with Crippen LogP contribution < -0.4 is 8.48 Å². The molecular formula is C22H36FNO3Sn. The molecule has 1 N–H and O–H groups in total. The summed E-state index contributed by atoms with van der Waals surface area (Å²) in [5.41, 5.74) is 0.531. The van der Waals surface area contributed by atoms with Gasteiger partial charge in [-0.3, -0.25) is 0 Å². The fraction of sp³-hybridized carbons (Fsp3) is 0.682. The third kappa shape index (κ3) is 5.62. The van der Waals surface area contributed by atoms with Gasteiger partial charge in [-0.2, -0.15) is 0 Å². The first-order valence-electron chi connectivity index (χ1n) is 10.9. The van der Waals surface area contributed by atoms with Crippen LogP contribution in [0.2, 0.25) is 13.3 Å². The number of halogens is 1. The summed E-state index contributed by atoms with van der Waals surface area (Å²) >= 11 is -2.85. The van der Waals surface area contributed by atoms with E-state index in [0.29, 0.717) is 5.69 Å². The molecule has 4 nitrogen and oxygen atoms in total. The van der Waals surface area contributed by atoms with E-state index in [1.807, 2.05) is 12.1 Å². The van der Waals surface area contributed by atoms with Gasteiger partial charge in [-0.15, -0.1) is 0 Å². The van der Waals surface area contributed by atoms with Crippen LogP contribution in [0.5, 0.6) is 0 Å². The molecule has 28 heavy (non-hydrogen) atoms. The Balaban J connectivity index is 2.35. The summed E-state index contributed by atoms with van der Waals surface area (Å²) < 4.78 is 25.1. The molecule has 1 aromatic rings. The number of amides is 1. The van der Waals surface area contributed by atoms with Gasteiger partial charge in [-0.05, 0) is 0 Å². The first kappa shape index (κ1) is 23.5. The van der Waals surface area contributed by atoms with E-state index in [1.54, 1.807) is 0 Å². The zero-order chi connectivity index (χ0) is 20.6. The molecule has 0 radical (unpaired) electrons. The Morgan fingerprint density at radius 3 is 2.11 bits per heavy atom. The maximum absolute atomic E-state index is 15.4. The van der Waals surface area contributed by atoms with E-state index in [-0.39, 0.29) is 19.0 Å². The van der Waals surface area contributed by atoms with E-state index in [4.69, 9.17) is 4.74 Å². The summed E-state index contributed by atoms with van der Waals surface area (Å²) in [4.78, 5) is 13.5. The van der Waals surface area contributed by atoms with Gasteiger partial charge < -0.3 is 0 Å². The van der Waals surface area contributed by atoms with Gasteiger partial charge >= 0.3 is 174 Å². The number of benzene rings is 1. The second kappa shape index (κ2) is 11.4. The molecule has 2 rings (SSSR count). The quantitative estimate of drug-likeness (QED) is 0.402. The van der Waals surface area contributed by atoms with E-state index in [9.17, 15) is 9.90 Å². The van der Waals surface area contributed by atoms with Crippen molar-refractivity contribution in [2.75, 3.05) is 18.1 Å². The Labute approximate surface area is 173 Å². The molecule has 1 aliphatic heterocycles. The molecule has 1 saturated heterocycles. The summed E-state index contributed by atoms with van der Waals surface area (Å²) in [5, 5.41) is 9.23. The molecule has 0 spiro atoms. The van der Waals surface area contributed by atoms with Crippen LogP contribution in [0, 0.1) is 5.82 Å². The summed E-state index contributed by atoms with van der Waals surface area (Å²) in [6, 6.07) is 5.38. The molecule has 158 valence electrons. The van der Waals surface area contributed by atoms with Crippen molar-refractivity contribution in [3.8, 4) is 0 Å². The van der Waals surface area contributed by atoms with Crippen LogP contribution in [0.1, 0.15) is 59.3 Å². The van der Waals surface area contributed by atoms with Crippen LogP contribution in [0.15, 0.2) is 18.2 Å². The van der Waals surface area contributed by atoms with E-state index in [1.165, 1.54) is 43.5 Å². The van der Waals surface area contributed by atoms with Gasteiger partial charge in [0.05, 0.1) is 0 Å². The van der Waals surface area contributed by atoms with Gasteiger partial charge in [-0.25, -0.2) is 0 Å². The molecule has 6 heteroatoms. The third-order valence-electron chi connectivity index (χ3n) is 5.94. The van der Waals surface area contributed by atoms with Gasteiger partial charge in [-0.1, -0.05) is 0 Å². The number of hydrogen-bond donors (Lipinski definition) is 1. The zero-order valence-corrected chi connectivity index (χ0v) is 20.5. The molecule has 1 amide bonds. The van der Waals surface area contributed by atoms with Crippen molar-refractivity contribution in [1.29, 1.82) is 0 Å². The second-order valence-corrected chi connectivity index (χ2v) is 21.2. The van der Waals surface area contributed by atoms with Crippen molar-refractivity contribution in [2.45, 2.75) is 78.7 Å². The van der Waals surface area contributed by atoms with Gasteiger partial charge in [0.15, 0.2) is 0 Å². The van der Waals surface area contributed by atoms with Crippen molar-refractivity contribution in [3.63, 3.8) is 0 Å². The number of carbonyl (C=O) groups is 1. The van der Waals surface area contributed by atoms with Crippen LogP contribution in [0.25, 0.3) is 0 Å². The topological polar surface area (TPSA) is 49.8 Å². The average Bonchev–Trinajstić information content (AvgIpc) is 3.09. The van der Waals surface area contributed by atoms with Crippen LogP contribution >= 0.6 is 0 Å². The molecule has 1 aromatic carbocycles. The Hall–Kier alpha value is -0.821. The molecule has 0 saturated carbocycles. The predicted octanol–water partition coefficient (Wildman–Crippen LogP) is 5.20. The van der Waals surface area contributed by atoms with Gasteiger partial charge in [0.2, 0.25) is 0 Å². The van der Waals surface area contributed by atoms with Crippen molar-refractivity contribution < 1.29 is 19.0 Å². The molecule has 0 aliphatic carbocycles. The van der Waals surface area contributed by atoms with Crippen LogP contribution in [-0.2, 0) is 4.74 Å². The van der Waals surface area contributed by atoms with Gasteiger partial charge in [0.25, 0.3) is 0 Å². The molecule has 0 aromatic heterocycles. The van der Waals surface area contributed by atoms with Gasteiger partial charge in [0.1, 0.15) is 0 Å². The number of rotatable bonds is 12. The standard InChI is InChI=1S/C10H9FNO3.3C4H9.Sn/c11-7-2-1-3-8(4-7)12-5-9(6-13)15-10(12)14;3*1-3-4-2;/h1,3-4,9,13H,5-6H2;3*1,3-4H2,2H3;/t9-;;;;/m1..../s1. The second-order valence-electron chi connectivity index (χ2n) is 8.05. The summed E-state index contributed by atoms with van der Waals surface area (Å²) in [5.74, 6) is -0.142. The molecule has 1 fully saturated rings. The number of carbonyl (C=O) groups excluding carboxylic acids is 1. The van der Waals surface area contributed by atoms with E-state index >= 15 is 4.39 Å². The monoisotopic (exact) mass is 501 g/mol. The minimum absolute atomic E-state index is 0.142. The number of aliphatic hydroxyl groups excluding tert-OH is 1. The Kier molecular flexibility index (Phi) is 9.54. The van der Waals surface area contributed by atoms with Crippen LogP contribution in [-0.4, -0.2) is 48.8 Å². The third-order valence-corrected chi connectivity index (χ3v) is 21.6. The van der Waals surface area contributed by atoms with E-state index in [2.05, 4.69) is 20.8 Å². The van der Waals surface area contributed by atoms with Crippen molar-refractivity contribution >= 4 is 33.7 Å². The fourth-order valence-corrected chi connectivity index (χ4v) is 20.4. The van der Waals surface area contributed by atoms with Crippen LogP contribution in [0.3, 0.4) is 0 Å². The zero-order valence-electron chi connectivity index (χ0n) is 17.7. The minimum atomic E-state index is -2.85. The molecular weight excluding hydrogens is 464 g/mol. The Morgan fingerprint density at radius 1 is 1.11 bits per heavy atom. The summed E-state index contributed by atoms with van der Waals surface area (Å²) in [7, 11) is 0. The molecule has 0 unspecified atom stereocenters. The summed E-state index contributed by atoms with van der Waals surface area (Å²) in [6.07, 6.45) is 5.96. The fourth-order valence-electron chi connectivity index (χ4n) is 4.25. The van der Waals surface area contributed by atoms with Crippen molar-refractivity contribution in [3.05, 3.63) is 24.0 Å². The summed E-state index contributed by atoms with van der Waals surface area (Å²) in [6.45, 7) is 6.70. The maximum atomic E-state index is 15.4. The number of hydrogen-bond acceptors (Lipinski definition) is 3. The number of anilines is 1. The van der Waals surface area contributed by atoms with E-state index in [0.717, 1.165) is 22.8 Å². The van der Waals surface area contributed by atoms with Crippen molar-refractivity contribution in [1.82, 2.24) is 0 Å². The molecule has 0 bridgehead atoms. The first-order valence-corrected chi connectivity index (χ1v) is 18.4. The first-order chi connectivity index (χ1) is 13.5. The predicted molar refractivity (Wildman–Crippen MR) is 116 cm³/mol. The average molecular weight is 500 g/mol. The van der Waals surface area contributed by atoms with Crippen molar-refractivity contribution in [2.24, 2.45) is 0 Å². The van der Waals surface area contributed by atoms with E-state index < -0.39 is 30.6 Å². The normalized spacial score (nSPS) is 17.2. The number of cyclic esters (lactones) is 1. The van der Waals surface area contributed by atoms with Gasteiger partial charge in [0, 0.05) is 0 Å². The SMILES string of the molecule is CCC[CH2][Sn]([CH2]CCC)([CH2]CCC)[c]1ccc(N2C[C@H](CO)OC2=O)cc1F. The Bertz CT molecular complexity index is 618. The number of unbranched alkanes of at least 4 members (excludes halogenated alkanes) is 3. The van der Waals surface area contributed by atoms with Crippen LogP contribution in [0.4, 0.5) is 14.9 Å². The molecule has 1 aliphatic rings. The number of ether oxygens (including phenoxy) is 1. The molecule has 1 atom stereocenters. The number of aliphatic hydroxyl groups is 1. The number of nitrogens with zero attached hydrogens (tertiary/aromatic N) is 1. The molecule has 1 heterocycles. The Morgan fingerprint density at radius 2 is 1.68 bits per heavy atom.